The molecule has 1 aliphatic heterocycles. The Balaban J connectivity index is 0.000000252. The van der Waals surface area contributed by atoms with Gasteiger partial charge in [-0.25, -0.2) is 0 Å². The number of carbonyl (C=O) groups excluding carboxylic acids is 1. The van der Waals surface area contributed by atoms with Crippen molar-refractivity contribution in [3.05, 3.63) is 109 Å². The molecule has 0 saturated heterocycles. The number of benzene rings is 4. The molecule has 0 atom stereocenters. The molecule has 2 heterocycles. The predicted octanol–water partition coefficient (Wildman–Crippen LogP) is 12.6. The van der Waals surface area contributed by atoms with E-state index in [4.69, 9.17) is 4.98 Å². The van der Waals surface area contributed by atoms with E-state index in [0.29, 0.717) is 5.92 Å². The van der Waals surface area contributed by atoms with Crippen LogP contribution in [0.25, 0.3) is 32.8 Å². The van der Waals surface area contributed by atoms with Gasteiger partial charge in [0, 0.05) is 55.6 Å². The van der Waals surface area contributed by atoms with Crippen LogP contribution < -0.4 is 4.90 Å². The Morgan fingerprint density at radius 2 is 1.55 bits per heavy atom. The number of para-hydroxylation sites is 1. The molecule has 4 nitrogen and oxygen atoms in total. The number of rotatable bonds is 9. The third-order valence-corrected chi connectivity index (χ3v) is 10.6. The first-order valence-electron chi connectivity index (χ1n) is 18.1. The fraction of sp³-hybridized carbons (Fsp3) is 0.364. The zero-order valence-corrected chi connectivity index (χ0v) is 31.7. The second-order valence-corrected chi connectivity index (χ2v) is 13.4. The SMILES string of the molecule is CCC(CC)C(=O)/C=C(\O)C(CC)CC.[Ir].[c-]1cc2ccccc2c2c1-c1nccc3cc(C4CCCCC4)cc(c13)N2c1ccccc1. The number of pyridine rings is 1. The number of fused-ring (bicyclic) bond motifs is 4. The molecular weight excluding hydrogens is 781 g/mol. The van der Waals surface area contributed by atoms with Gasteiger partial charge < -0.3 is 15.0 Å². The van der Waals surface area contributed by atoms with Gasteiger partial charge in [-0.1, -0.05) is 106 Å². The predicted molar refractivity (Wildman–Crippen MR) is 201 cm³/mol. The van der Waals surface area contributed by atoms with Gasteiger partial charge in [-0.2, -0.15) is 0 Å². The zero-order valence-electron chi connectivity index (χ0n) is 29.3. The van der Waals surface area contributed by atoms with Gasteiger partial charge in [0.15, 0.2) is 5.78 Å². The van der Waals surface area contributed by atoms with Crippen LogP contribution in [0.5, 0.6) is 0 Å². The third kappa shape index (κ3) is 7.54. The third-order valence-electron chi connectivity index (χ3n) is 10.6. The average molecular weight is 830 g/mol. The first kappa shape index (κ1) is 36.5. The molecule has 1 fully saturated rings. The van der Waals surface area contributed by atoms with Crippen molar-refractivity contribution in [1.29, 1.82) is 0 Å². The molecule has 1 aliphatic carbocycles. The van der Waals surface area contributed by atoms with Crippen molar-refractivity contribution in [2.45, 2.75) is 91.4 Å². The smallest absolute Gasteiger partial charge is 0.162 e. The van der Waals surface area contributed by atoms with Gasteiger partial charge >= 0.3 is 0 Å². The molecule has 1 radical (unpaired) electrons. The Kier molecular flexibility index (Phi) is 12.5. The van der Waals surface area contributed by atoms with Crippen LogP contribution in [0.15, 0.2) is 96.9 Å². The minimum atomic E-state index is 0. The van der Waals surface area contributed by atoms with Crippen LogP contribution in [-0.2, 0) is 24.9 Å². The van der Waals surface area contributed by atoms with E-state index in [1.807, 2.05) is 33.9 Å². The Bertz CT molecular complexity index is 1900. The van der Waals surface area contributed by atoms with Gasteiger partial charge in [0.1, 0.15) is 0 Å². The van der Waals surface area contributed by atoms with Crippen LogP contribution in [0.3, 0.4) is 0 Å². The maximum Gasteiger partial charge on any atom is 0.162 e. The minimum absolute atomic E-state index is 0. The van der Waals surface area contributed by atoms with E-state index in [9.17, 15) is 9.90 Å². The molecule has 2 aliphatic rings. The number of hydrogen-bond acceptors (Lipinski definition) is 4. The summed E-state index contributed by atoms with van der Waals surface area (Å²) in [6.45, 7) is 8.07. The van der Waals surface area contributed by atoms with E-state index in [1.165, 1.54) is 82.4 Å². The summed E-state index contributed by atoms with van der Waals surface area (Å²) >= 11 is 0. The fourth-order valence-corrected chi connectivity index (χ4v) is 7.70. The number of aromatic nitrogens is 1. The molecule has 0 unspecified atom stereocenters. The van der Waals surface area contributed by atoms with E-state index < -0.39 is 0 Å². The topological polar surface area (TPSA) is 53.4 Å². The normalized spacial score (nSPS) is 14.4. The molecule has 4 aromatic carbocycles. The maximum absolute atomic E-state index is 11.7. The van der Waals surface area contributed by atoms with Crippen molar-refractivity contribution in [3.63, 3.8) is 0 Å². The number of aliphatic hydroxyl groups is 1. The molecule has 1 saturated carbocycles. The number of ketones is 1. The Morgan fingerprint density at radius 3 is 2.24 bits per heavy atom. The van der Waals surface area contributed by atoms with Gasteiger partial charge in [0.2, 0.25) is 0 Å². The Morgan fingerprint density at radius 1 is 0.878 bits per heavy atom. The van der Waals surface area contributed by atoms with Crippen LogP contribution in [0.4, 0.5) is 17.1 Å². The van der Waals surface area contributed by atoms with Crippen molar-refractivity contribution in [2.24, 2.45) is 11.8 Å². The molecule has 0 spiro atoms. The number of anilines is 3. The van der Waals surface area contributed by atoms with Gasteiger partial charge in [0.05, 0.1) is 5.76 Å². The van der Waals surface area contributed by atoms with Crippen molar-refractivity contribution >= 4 is 44.4 Å². The van der Waals surface area contributed by atoms with Gasteiger partial charge in [-0.15, -0.1) is 17.7 Å². The maximum atomic E-state index is 11.7. The second kappa shape index (κ2) is 16.7. The summed E-state index contributed by atoms with van der Waals surface area (Å²) < 4.78 is 0. The van der Waals surface area contributed by atoms with Crippen molar-refractivity contribution in [3.8, 4) is 11.3 Å². The van der Waals surface area contributed by atoms with Gasteiger partial charge in [-0.3, -0.25) is 4.79 Å². The van der Waals surface area contributed by atoms with Crippen molar-refractivity contribution in [1.82, 2.24) is 4.98 Å². The van der Waals surface area contributed by atoms with Crippen LogP contribution in [-0.4, -0.2) is 15.9 Å². The summed E-state index contributed by atoms with van der Waals surface area (Å²) in [6, 6.07) is 32.2. The monoisotopic (exact) mass is 830 g/mol. The van der Waals surface area contributed by atoms with Crippen LogP contribution >= 0.6 is 0 Å². The van der Waals surface area contributed by atoms with E-state index in [1.54, 1.807) is 0 Å². The molecule has 5 heteroatoms. The van der Waals surface area contributed by atoms with Gasteiger partial charge in [-0.05, 0) is 96.4 Å². The molecule has 1 aromatic heterocycles. The van der Waals surface area contributed by atoms with Crippen LogP contribution in [0, 0.1) is 17.9 Å². The van der Waals surface area contributed by atoms with Crippen molar-refractivity contribution < 1.29 is 30.0 Å². The molecule has 257 valence electrons. The van der Waals surface area contributed by atoms with E-state index >= 15 is 0 Å². The average Bonchev–Trinajstić information content (AvgIpc) is 3.13. The molecule has 1 N–H and O–H groups in total. The second-order valence-electron chi connectivity index (χ2n) is 13.4. The van der Waals surface area contributed by atoms with E-state index in [0.717, 1.165) is 36.9 Å². The van der Waals surface area contributed by atoms with Crippen LogP contribution in [0.2, 0.25) is 0 Å². The zero-order chi connectivity index (χ0) is 33.6. The largest absolute Gasteiger partial charge is 0.512 e. The number of aliphatic hydroxyl groups excluding tert-OH is 1. The van der Waals surface area contributed by atoms with Crippen molar-refractivity contribution in [2.75, 3.05) is 4.90 Å². The number of hydrogen-bond donors (Lipinski definition) is 1. The standard InChI is InChI=1S/C31H25N2.C13H24O2.Ir/c1-3-9-21(10-4-1)24-19-23-17-18-32-30-27-16-15-22-11-7-8-14-26(22)31(27)33(28(20-24)29(23)30)25-12-5-2-6-13-25;1-5-10(6-2)12(14)9-13(15)11(7-3)8-4;/h2,5-8,11-15,17-21H,1,3-4,9-10H2;9-11,14H,5-8H2,1-4H3;/q-1;;/b;12-9-;. The molecule has 5 aromatic rings. The molecule has 7 rings (SSSR count). The first-order valence-corrected chi connectivity index (χ1v) is 18.1. The molecular formula is C44H49IrN2O2-. The minimum Gasteiger partial charge on any atom is -0.512 e. The summed E-state index contributed by atoms with van der Waals surface area (Å²) in [5.41, 5.74) is 7.22. The quantitative estimate of drug-likeness (QED) is 0.0896. The van der Waals surface area contributed by atoms with Crippen LogP contribution in [0.1, 0.15) is 97.0 Å². The number of carbonyl (C=O) groups is 1. The first-order chi connectivity index (χ1) is 23.5. The molecule has 0 amide bonds. The van der Waals surface area contributed by atoms with E-state index in [2.05, 4.69) is 89.8 Å². The summed E-state index contributed by atoms with van der Waals surface area (Å²) in [7, 11) is 0. The number of allylic oxidation sites excluding steroid dienone is 2. The Hall–Kier alpha value is -3.79. The summed E-state index contributed by atoms with van der Waals surface area (Å²) in [6.07, 6.45) is 13.5. The fourth-order valence-electron chi connectivity index (χ4n) is 7.70. The van der Waals surface area contributed by atoms with E-state index in [-0.39, 0.29) is 43.5 Å². The van der Waals surface area contributed by atoms with Gasteiger partial charge in [0.25, 0.3) is 0 Å². The molecule has 0 bridgehead atoms. The number of nitrogens with zero attached hydrogens (tertiary/aromatic N) is 2. The summed E-state index contributed by atoms with van der Waals surface area (Å²) in [4.78, 5) is 19.1. The summed E-state index contributed by atoms with van der Waals surface area (Å²) in [5, 5.41) is 14.7. The summed E-state index contributed by atoms with van der Waals surface area (Å²) in [5.74, 6) is 1.19. The molecule has 49 heavy (non-hydrogen) atoms. The Labute approximate surface area is 306 Å².